The van der Waals surface area contributed by atoms with Crippen molar-refractivity contribution < 1.29 is 9.59 Å². The van der Waals surface area contributed by atoms with Crippen molar-refractivity contribution in [3.8, 4) is 11.8 Å². The molecule has 1 saturated heterocycles. The van der Waals surface area contributed by atoms with Crippen LogP contribution in [0.1, 0.15) is 30.4 Å². The molecule has 0 radical (unpaired) electrons. The third-order valence-corrected chi connectivity index (χ3v) is 4.55. The molecule has 138 valence electrons. The highest BCUT2D eigenvalue weighted by atomic mass is 16.2. The van der Waals surface area contributed by atoms with Gasteiger partial charge in [0.1, 0.15) is 0 Å². The molecule has 2 aromatic rings. The number of hydrogen-bond donors (Lipinski definition) is 2. The number of amides is 3. The maximum Gasteiger partial charge on any atom is 0.321 e. The van der Waals surface area contributed by atoms with Crippen LogP contribution >= 0.6 is 0 Å². The maximum absolute atomic E-state index is 12.4. The van der Waals surface area contributed by atoms with Crippen LogP contribution in [0, 0.1) is 11.8 Å². The zero-order valence-electron chi connectivity index (χ0n) is 15.4. The van der Waals surface area contributed by atoms with E-state index in [0.717, 1.165) is 23.2 Å². The van der Waals surface area contributed by atoms with Gasteiger partial charge < -0.3 is 10.6 Å². The van der Waals surface area contributed by atoms with Crippen molar-refractivity contribution in [3.63, 3.8) is 0 Å². The van der Waals surface area contributed by atoms with Crippen LogP contribution in [0.15, 0.2) is 54.6 Å². The predicted octanol–water partition coefficient (Wildman–Crippen LogP) is 2.88. The van der Waals surface area contributed by atoms with Gasteiger partial charge in [-0.25, -0.2) is 4.79 Å². The second-order valence-electron chi connectivity index (χ2n) is 6.32. The van der Waals surface area contributed by atoms with E-state index in [2.05, 4.69) is 22.5 Å². The molecule has 0 aliphatic carbocycles. The fraction of sp³-hybridized carbons (Fsp3) is 0.273. The van der Waals surface area contributed by atoms with Gasteiger partial charge in [0.15, 0.2) is 0 Å². The van der Waals surface area contributed by atoms with Crippen molar-refractivity contribution in [1.82, 2.24) is 10.6 Å². The molecule has 3 amide bonds. The zero-order valence-corrected chi connectivity index (χ0v) is 15.4. The molecule has 3 rings (SSSR count). The van der Waals surface area contributed by atoms with E-state index in [-0.39, 0.29) is 17.9 Å². The van der Waals surface area contributed by atoms with Gasteiger partial charge in [-0.3, -0.25) is 9.69 Å². The summed E-state index contributed by atoms with van der Waals surface area (Å²) in [5.74, 6) is 5.87. The van der Waals surface area contributed by atoms with Gasteiger partial charge in [-0.15, -0.1) is 0 Å². The molecular weight excluding hydrogens is 338 g/mol. The number of anilines is 1. The number of nitrogens with zero attached hydrogens (tertiary/aromatic N) is 1. The average Bonchev–Trinajstić information content (AvgIpc) is 3.13. The monoisotopic (exact) mass is 361 g/mol. The lowest BCUT2D eigenvalue weighted by Crippen LogP contribution is -2.29. The molecule has 5 heteroatoms. The molecule has 1 aliphatic rings. The van der Waals surface area contributed by atoms with Gasteiger partial charge in [0.25, 0.3) is 0 Å². The number of carbonyl (C=O) groups excluding carboxylic acids is 2. The highest BCUT2D eigenvalue weighted by Gasteiger charge is 2.20. The Morgan fingerprint density at radius 3 is 2.56 bits per heavy atom. The predicted molar refractivity (Wildman–Crippen MR) is 107 cm³/mol. The van der Waals surface area contributed by atoms with Gasteiger partial charge in [-0.05, 0) is 36.2 Å². The van der Waals surface area contributed by atoms with Gasteiger partial charge in [-0.1, -0.05) is 49.1 Å². The lowest BCUT2D eigenvalue weighted by atomic mass is 9.96. The van der Waals surface area contributed by atoms with Crippen LogP contribution in [-0.4, -0.2) is 31.6 Å². The molecule has 1 aliphatic heterocycles. The molecule has 1 fully saturated rings. The number of urea groups is 1. The van der Waals surface area contributed by atoms with Crippen LogP contribution in [-0.2, 0) is 4.79 Å². The first-order valence-corrected chi connectivity index (χ1v) is 9.16. The van der Waals surface area contributed by atoms with E-state index in [1.165, 1.54) is 0 Å². The third-order valence-electron chi connectivity index (χ3n) is 4.55. The van der Waals surface area contributed by atoms with E-state index >= 15 is 0 Å². The summed E-state index contributed by atoms with van der Waals surface area (Å²) in [6, 6.07) is 17.3. The highest BCUT2D eigenvalue weighted by Crippen LogP contribution is 2.19. The normalized spacial score (nSPS) is 14.1. The van der Waals surface area contributed by atoms with Crippen molar-refractivity contribution in [2.24, 2.45) is 0 Å². The van der Waals surface area contributed by atoms with Crippen molar-refractivity contribution in [3.05, 3.63) is 65.7 Å². The summed E-state index contributed by atoms with van der Waals surface area (Å²) in [6.45, 7) is 3.65. The standard InChI is InChI=1S/C22H23N3O2/c1-2-20(18-8-4-3-5-9-18)21(26)23-14-6-7-17-10-12-19(13-11-17)25-16-15-24-22(25)27/h3-5,8-13,20H,2,14-16H2,1H3,(H,23,26)(H,24,27). The SMILES string of the molecule is CCC(C(=O)NCC#Cc1ccc(N2CCNC2=O)cc1)c1ccccc1. The highest BCUT2D eigenvalue weighted by molar-refractivity contribution is 5.94. The van der Waals surface area contributed by atoms with Crippen LogP contribution < -0.4 is 15.5 Å². The fourth-order valence-corrected chi connectivity index (χ4v) is 3.10. The van der Waals surface area contributed by atoms with Gasteiger partial charge in [0.2, 0.25) is 5.91 Å². The van der Waals surface area contributed by atoms with E-state index in [1.54, 1.807) is 4.90 Å². The lowest BCUT2D eigenvalue weighted by molar-refractivity contribution is -0.122. The number of rotatable bonds is 5. The second kappa shape index (κ2) is 8.91. The molecule has 0 saturated carbocycles. The molecule has 1 heterocycles. The zero-order chi connectivity index (χ0) is 19.1. The van der Waals surface area contributed by atoms with Crippen molar-refractivity contribution >= 4 is 17.6 Å². The van der Waals surface area contributed by atoms with Gasteiger partial charge in [0.05, 0.1) is 12.5 Å². The van der Waals surface area contributed by atoms with Crippen LogP contribution in [0.25, 0.3) is 0 Å². The van der Waals surface area contributed by atoms with Crippen LogP contribution in [0.3, 0.4) is 0 Å². The molecule has 1 unspecified atom stereocenters. The maximum atomic E-state index is 12.4. The van der Waals surface area contributed by atoms with Gasteiger partial charge in [-0.2, -0.15) is 0 Å². The Hall–Kier alpha value is -3.26. The first-order chi connectivity index (χ1) is 13.2. The smallest absolute Gasteiger partial charge is 0.321 e. The Kier molecular flexibility index (Phi) is 6.11. The summed E-state index contributed by atoms with van der Waals surface area (Å²) >= 11 is 0. The molecule has 0 bridgehead atoms. The van der Waals surface area contributed by atoms with Crippen molar-refractivity contribution in [2.75, 3.05) is 24.5 Å². The number of hydrogen-bond acceptors (Lipinski definition) is 2. The average molecular weight is 361 g/mol. The quantitative estimate of drug-likeness (QED) is 0.805. The van der Waals surface area contributed by atoms with E-state index in [0.29, 0.717) is 19.6 Å². The number of benzene rings is 2. The summed E-state index contributed by atoms with van der Waals surface area (Å²) in [5.41, 5.74) is 2.73. The molecule has 1 atom stereocenters. The Morgan fingerprint density at radius 2 is 1.93 bits per heavy atom. The van der Waals surface area contributed by atoms with Gasteiger partial charge in [0, 0.05) is 24.3 Å². The van der Waals surface area contributed by atoms with Gasteiger partial charge >= 0.3 is 6.03 Å². The fourth-order valence-electron chi connectivity index (χ4n) is 3.10. The molecule has 0 spiro atoms. The number of carbonyl (C=O) groups is 2. The molecule has 2 N–H and O–H groups in total. The minimum Gasteiger partial charge on any atom is -0.345 e. The minimum atomic E-state index is -0.154. The Balaban J connectivity index is 1.54. The second-order valence-corrected chi connectivity index (χ2v) is 6.32. The lowest BCUT2D eigenvalue weighted by Gasteiger charge is -2.14. The first-order valence-electron chi connectivity index (χ1n) is 9.16. The summed E-state index contributed by atoms with van der Waals surface area (Å²) in [4.78, 5) is 25.7. The Labute approximate surface area is 159 Å². The Bertz CT molecular complexity index is 851. The van der Waals surface area contributed by atoms with Crippen molar-refractivity contribution in [1.29, 1.82) is 0 Å². The van der Waals surface area contributed by atoms with E-state index in [4.69, 9.17) is 0 Å². The van der Waals surface area contributed by atoms with Crippen molar-refractivity contribution in [2.45, 2.75) is 19.3 Å². The molecule has 0 aromatic heterocycles. The van der Waals surface area contributed by atoms with E-state index < -0.39 is 0 Å². The number of nitrogens with one attached hydrogen (secondary N) is 2. The first kappa shape index (κ1) is 18.5. The Morgan fingerprint density at radius 1 is 1.19 bits per heavy atom. The van der Waals surface area contributed by atoms with Crippen LogP contribution in [0.4, 0.5) is 10.5 Å². The molecule has 5 nitrogen and oxygen atoms in total. The summed E-state index contributed by atoms with van der Waals surface area (Å²) < 4.78 is 0. The van der Waals surface area contributed by atoms with E-state index in [9.17, 15) is 9.59 Å². The summed E-state index contributed by atoms with van der Waals surface area (Å²) in [5, 5.41) is 5.67. The molecule has 2 aromatic carbocycles. The topological polar surface area (TPSA) is 61.4 Å². The van der Waals surface area contributed by atoms with Crippen LogP contribution in [0.2, 0.25) is 0 Å². The minimum absolute atomic E-state index is 0.00612. The summed E-state index contributed by atoms with van der Waals surface area (Å²) in [7, 11) is 0. The molecule has 27 heavy (non-hydrogen) atoms. The summed E-state index contributed by atoms with van der Waals surface area (Å²) in [6.07, 6.45) is 0.745. The van der Waals surface area contributed by atoms with Crippen LogP contribution in [0.5, 0.6) is 0 Å². The largest absolute Gasteiger partial charge is 0.345 e. The van der Waals surface area contributed by atoms with E-state index in [1.807, 2.05) is 61.5 Å². The third kappa shape index (κ3) is 4.68. The molecular formula is C22H23N3O2.